The maximum Gasteiger partial charge on any atom is 0.222 e. The number of fused-ring (bicyclic) bond motifs is 1. The van der Waals surface area contributed by atoms with E-state index in [1.165, 1.54) is 11.1 Å². The van der Waals surface area contributed by atoms with Gasteiger partial charge in [-0.15, -0.1) is 0 Å². The Labute approximate surface area is 109 Å². The molecule has 0 saturated heterocycles. The Morgan fingerprint density at radius 2 is 2.06 bits per heavy atom. The first kappa shape index (κ1) is 12.9. The number of anilines is 1. The highest BCUT2D eigenvalue weighted by Crippen LogP contribution is 2.27. The maximum atomic E-state index is 12.0. The van der Waals surface area contributed by atoms with Crippen molar-refractivity contribution in [3.8, 4) is 0 Å². The van der Waals surface area contributed by atoms with E-state index in [9.17, 15) is 4.79 Å². The van der Waals surface area contributed by atoms with Gasteiger partial charge in [0.05, 0.1) is 0 Å². The Hall–Kier alpha value is -1.51. The van der Waals surface area contributed by atoms with Crippen molar-refractivity contribution in [2.75, 3.05) is 12.3 Å². The number of nitrogen functional groups attached to an aromatic ring is 1. The van der Waals surface area contributed by atoms with Crippen molar-refractivity contribution in [3.05, 3.63) is 29.3 Å². The number of carbonyl (C=O) groups excluding carboxylic acids is 1. The molecule has 1 aromatic rings. The third-order valence-electron chi connectivity index (χ3n) is 3.67. The number of carbonyl (C=O) groups is 1. The van der Waals surface area contributed by atoms with Gasteiger partial charge in [0.2, 0.25) is 5.91 Å². The summed E-state index contributed by atoms with van der Waals surface area (Å²) in [4.78, 5) is 14.1. The lowest BCUT2D eigenvalue weighted by Gasteiger charge is -2.28. The molecule has 0 fully saturated rings. The van der Waals surface area contributed by atoms with Gasteiger partial charge >= 0.3 is 0 Å². The summed E-state index contributed by atoms with van der Waals surface area (Å²) in [6.45, 7) is 4.92. The summed E-state index contributed by atoms with van der Waals surface area (Å²) < 4.78 is 0. The van der Waals surface area contributed by atoms with E-state index in [1.807, 2.05) is 13.0 Å². The minimum atomic E-state index is 0.266. The van der Waals surface area contributed by atoms with Crippen molar-refractivity contribution in [2.45, 2.75) is 45.6 Å². The third kappa shape index (κ3) is 2.50. The molecular weight excluding hydrogens is 224 g/mol. The number of benzene rings is 1. The zero-order chi connectivity index (χ0) is 13.1. The number of hydrogen-bond donors (Lipinski definition) is 1. The molecule has 1 aliphatic rings. The van der Waals surface area contributed by atoms with Crippen LogP contribution >= 0.6 is 0 Å². The first-order valence-corrected chi connectivity index (χ1v) is 6.82. The molecule has 1 aromatic carbocycles. The molecule has 3 heteroatoms. The maximum absolute atomic E-state index is 12.0. The van der Waals surface area contributed by atoms with Gasteiger partial charge in [0, 0.05) is 24.7 Å². The second-order valence-corrected chi connectivity index (χ2v) is 5.03. The van der Waals surface area contributed by atoms with Gasteiger partial charge in [0.15, 0.2) is 0 Å². The summed E-state index contributed by atoms with van der Waals surface area (Å²) in [5.74, 6) is 0.266. The van der Waals surface area contributed by atoms with E-state index in [-0.39, 0.29) is 5.91 Å². The van der Waals surface area contributed by atoms with E-state index in [4.69, 9.17) is 5.73 Å². The van der Waals surface area contributed by atoms with Crippen LogP contribution in [-0.2, 0) is 17.6 Å². The predicted molar refractivity (Wildman–Crippen MR) is 74.3 cm³/mol. The molecule has 0 unspecified atom stereocenters. The van der Waals surface area contributed by atoms with Gasteiger partial charge in [-0.25, -0.2) is 0 Å². The van der Waals surface area contributed by atoms with E-state index >= 15 is 0 Å². The summed E-state index contributed by atoms with van der Waals surface area (Å²) >= 11 is 0. The summed E-state index contributed by atoms with van der Waals surface area (Å²) in [7, 11) is 0. The Morgan fingerprint density at radius 1 is 1.33 bits per heavy atom. The Bertz CT molecular complexity index is 442. The normalized spacial score (nSPS) is 17.6. The number of nitrogens with two attached hydrogens (primary N) is 1. The predicted octanol–water partition coefficient (Wildman–Crippen LogP) is 2.38. The highest BCUT2D eigenvalue weighted by atomic mass is 16.2. The molecule has 0 aliphatic heterocycles. The molecule has 3 nitrogen and oxygen atoms in total. The smallest absolute Gasteiger partial charge is 0.222 e. The van der Waals surface area contributed by atoms with Gasteiger partial charge < -0.3 is 10.6 Å². The zero-order valence-corrected chi connectivity index (χ0v) is 11.3. The van der Waals surface area contributed by atoms with Crippen molar-refractivity contribution in [1.82, 2.24) is 4.90 Å². The second-order valence-electron chi connectivity index (χ2n) is 5.03. The average Bonchev–Trinajstić information content (AvgIpc) is 2.77. The molecule has 1 atom stereocenters. The Balaban J connectivity index is 2.14. The quantitative estimate of drug-likeness (QED) is 0.829. The topological polar surface area (TPSA) is 46.3 Å². The minimum Gasteiger partial charge on any atom is -0.399 e. The molecule has 0 aromatic heterocycles. The van der Waals surface area contributed by atoms with Crippen LogP contribution in [0.1, 0.15) is 37.8 Å². The number of rotatable bonds is 4. The van der Waals surface area contributed by atoms with E-state index in [0.717, 1.165) is 31.5 Å². The molecule has 2 rings (SSSR count). The summed E-state index contributed by atoms with van der Waals surface area (Å²) in [6, 6.07) is 6.43. The fraction of sp³-hybridized carbons (Fsp3) is 0.533. The highest BCUT2D eigenvalue weighted by molar-refractivity contribution is 5.76. The van der Waals surface area contributed by atoms with Crippen LogP contribution in [0, 0.1) is 0 Å². The van der Waals surface area contributed by atoms with Crippen molar-refractivity contribution >= 4 is 11.6 Å². The molecule has 1 amide bonds. The van der Waals surface area contributed by atoms with Gasteiger partial charge in [-0.1, -0.05) is 19.9 Å². The van der Waals surface area contributed by atoms with Crippen LogP contribution in [-0.4, -0.2) is 23.4 Å². The molecule has 98 valence electrons. The molecule has 0 bridgehead atoms. The first-order chi connectivity index (χ1) is 8.65. The highest BCUT2D eigenvalue weighted by Gasteiger charge is 2.28. The van der Waals surface area contributed by atoms with Crippen LogP contribution < -0.4 is 5.73 Å². The minimum absolute atomic E-state index is 0.266. The van der Waals surface area contributed by atoms with Crippen LogP contribution in [0.3, 0.4) is 0 Å². The van der Waals surface area contributed by atoms with Crippen molar-refractivity contribution in [1.29, 1.82) is 0 Å². The van der Waals surface area contributed by atoms with Crippen LogP contribution in [0.4, 0.5) is 5.69 Å². The average molecular weight is 246 g/mol. The van der Waals surface area contributed by atoms with Gasteiger partial charge in [-0.05, 0) is 42.5 Å². The van der Waals surface area contributed by atoms with E-state index < -0.39 is 0 Å². The van der Waals surface area contributed by atoms with Gasteiger partial charge in [0.1, 0.15) is 0 Å². The molecule has 0 heterocycles. The molecule has 1 aliphatic carbocycles. The second kappa shape index (κ2) is 5.42. The molecule has 0 radical (unpaired) electrons. The van der Waals surface area contributed by atoms with Gasteiger partial charge in [-0.3, -0.25) is 4.79 Å². The fourth-order valence-electron chi connectivity index (χ4n) is 2.79. The Morgan fingerprint density at radius 3 is 2.72 bits per heavy atom. The molecule has 0 spiro atoms. The van der Waals surface area contributed by atoms with Crippen LogP contribution in [0.2, 0.25) is 0 Å². The van der Waals surface area contributed by atoms with Crippen molar-refractivity contribution < 1.29 is 4.79 Å². The van der Waals surface area contributed by atoms with E-state index in [2.05, 4.69) is 24.0 Å². The van der Waals surface area contributed by atoms with Gasteiger partial charge in [0.25, 0.3) is 0 Å². The molecule has 18 heavy (non-hydrogen) atoms. The third-order valence-corrected chi connectivity index (χ3v) is 3.67. The molecular formula is C15H22N2O. The van der Waals surface area contributed by atoms with Crippen LogP contribution in [0.25, 0.3) is 0 Å². The number of hydrogen-bond acceptors (Lipinski definition) is 2. The lowest BCUT2D eigenvalue weighted by Crippen LogP contribution is -2.41. The summed E-state index contributed by atoms with van der Waals surface area (Å²) in [5.41, 5.74) is 9.29. The summed E-state index contributed by atoms with van der Waals surface area (Å²) in [6.07, 6.45) is 3.53. The lowest BCUT2D eigenvalue weighted by molar-refractivity contribution is -0.133. The molecule has 0 saturated carbocycles. The summed E-state index contributed by atoms with van der Waals surface area (Å²) in [5, 5.41) is 0. The standard InChI is InChI=1S/C15H22N2O/c1-3-7-17(15(18)4-2)14-9-11-5-6-13(16)8-12(11)10-14/h5-6,8,14H,3-4,7,9-10,16H2,1-2H3/t14-/m0/s1. The van der Waals surface area contributed by atoms with Crippen LogP contribution in [0.15, 0.2) is 18.2 Å². The Kier molecular flexibility index (Phi) is 3.90. The van der Waals surface area contributed by atoms with Crippen molar-refractivity contribution in [2.24, 2.45) is 0 Å². The SMILES string of the molecule is CCCN(C(=O)CC)[C@H]1Cc2ccc(N)cc2C1. The van der Waals surface area contributed by atoms with E-state index in [1.54, 1.807) is 0 Å². The number of amides is 1. The largest absolute Gasteiger partial charge is 0.399 e. The van der Waals surface area contributed by atoms with Crippen molar-refractivity contribution in [3.63, 3.8) is 0 Å². The van der Waals surface area contributed by atoms with Gasteiger partial charge in [-0.2, -0.15) is 0 Å². The zero-order valence-electron chi connectivity index (χ0n) is 11.3. The first-order valence-electron chi connectivity index (χ1n) is 6.82. The van der Waals surface area contributed by atoms with E-state index in [0.29, 0.717) is 12.5 Å². The monoisotopic (exact) mass is 246 g/mol. The number of nitrogens with zero attached hydrogens (tertiary/aromatic N) is 1. The molecule has 2 N–H and O–H groups in total. The fourth-order valence-corrected chi connectivity index (χ4v) is 2.79. The lowest BCUT2D eigenvalue weighted by atomic mass is 10.1. The van der Waals surface area contributed by atoms with Crippen LogP contribution in [0.5, 0.6) is 0 Å².